The Balaban J connectivity index is 1.32. The van der Waals surface area contributed by atoms with Gasteiger partial charge in [0.2, 0.25) is 5.91 Å². The summed E-state index contributed by atoms with van der Waals surface area (Å²) in [5, 5.41) is 1.31. The number of methoxy groups -OCH3 is 1. The molecule has 1 aliphatic heterocycles. The molecule has 3 aromatic carbocycles. The maximum Gasteiger partial charge on any atom is 0.246 e. The topological polar surface area (TPSA) is 42.0 Å². The normalized spacial score (nSPS) is 14.3. The van der Waals surface area contributed by atoms with Gasteiger partial charge >= 0.3 is 0 Å². The molecule has 1 fully saturated rings. The van der Waals surface area contributed by atoms with Crippen LogP contribution in [0.4, 0.5) is 0 Å². The van der Waals surface area contributed by atoms with E-state index in [-0.39, 0.29) is 5.91 Å². The molecule has 0 aliphatic carbocycles. The van der Waals surface area contributed by atoms with Gasteiger partial charge in [-0.25, -0.2) is 0 Å². The van der Waals surface area contributed by atoms with Crippen molar-refractivity contribution in [1.82, 2.24) is 9.80 Å². The van der Waals surface area contributed by atoms with E-state index in [9.17, 15) is 4.79 Å². The van der Waals surface area contributed by atoms with E-state index in [1.807, 2.05) is 72.5 Å². The summed E-state index contributed by atoms with van der Waals surface area (Å²) in [6.07, 6.45) is 3.48. The molecule has 1 amide bonds. The first-order valence-corrected chi connectivity index (χ1v) is 12.7. The van der Waals surface area contributed by atoms with E-state index in [1.165, 1.54) is 0 Å². The van der Waals surface area contributed by atoms with Crippen molar-refractivity contribution in [1.29, 1.82) is 0 Å². The fourth-order valence-electron chi connectivity index (χ4n) is 4.17. The zero-order valence-corrected chi connectivity index (χ0v) is 22.1. The zero-order valence-electron chi connectivity index (χ0n) is 20.5. The van der Waals surface area contributed by atoms with Crippen molar-refractivity contribution >= 4 is 35.2 Å². The van der Waals surface area contributed by atoms with Crippen LogP contribution in [0, 0.1) is 6.92 Å². The van der Waals surface area contributed by atoms with Crippen LogP contribution in [0.15, 0.2) is 66.7 Å². The van der Waals surface area contributed by atoms with Gasteiger partial charge in [0.05, 0.1) is 7.11 Å². The summed E-state index contributed by atoms with van der Waals surface area (Å²) in [6.45, 7) is 6.09. The smallest absolute Gasteiger partial charge is 0.246 e. The molecule has 0 atom stereocenters. The second-order valence-corrected chi connectivity index (χ2v) is 9.69. The summed E-state index contributed by atoms with van der Waals surface area (Å²) in [5.74, 6) is 1.57. The molecule has 0 spiro atoms. The van der Waals surface area contributed by atoms with Crippen molar-refractivity contribution in [2.45, 2.75) is 20.1 Å². The summed E-state index contributed by atoms with van der Waals surface area (Å²) < 4.78 is 11.5. The first-order chi connectivity index (χ1) is 17.4. The van der Waals surface area contributed by atoms with Crippen LogP contribution in [-0.2, 0) is 17.9 Å². The number of piperazine rings is 1. The van der Waals surface area contributed by atoms with Crippen molar-refractivity contribution in [2.75, 3.05) is 33.3 Å². The molecular formula is C29H30Cl2N2O3. The average molecular weight is 525 g/mol. The first-order valence-electron chi connectivity index (χ1n) is 11.9. The number of halogens is 2. The molecule has 0 N–H and O–H groups in total. The highest BCUT2D eigenvalue weighted by Crippen LogP contribution is 2.24. The van der Waals surface area contributed by atoms with E-state index in [0.29, 0.717) is 29.7 Å². The Morgan fingerprint density at radius 2 is 1.78 bits per heavy atom. The van der Waals surface area contributed by atoms with Crippen LogP contribution in [-0.4, -0.2) is 49.0 Å². The number of carbonyl (C=O) groups is 1. The van der Waals surface area contributed by atoms with Crippen LogP contribution in [0.1, 0.15) is 22.3 Å². The predicted octanol–water partition coefficient (Wildman–Crippen LogP) is 6.25. The lowest BCUT2D eigenvalue weighted by Gasteiger charge is -2.34. The van der Waals surface area contributed by atoms with Crippen LogP contribution in [0.3, 0.4) is 0 Å². The third-order valence-corrected chi connectivity index (χ3v) is 6.79. The lowest BCUT2D eigenvalue weighted by molar-refractivity contribution is -0.127. The molecule has 188 valence electrons. The molecule has 4 rings (SSSR count). The number of aryl methyl sites for hydroxylation is 1. The van der Waals surface area contributed by atoms with Gasteiger partial charge in [0.1, 0.15) is 18.1 Å². The molecule has 0 radical (unpaired) electrons. The molecule has 5 nitrogen and oxygen atoms in total. The van der Waals surface area contributed by atoms with Crippen molar-refractivity contribution in [3.8, 4) is 11.5 Å². The summed E-state index contributed by atoms with van der Waals surface area (Å²) in [4.78, 5) is 17.0. The minimum absolute atomic E-state index is 0.00699. The van der Waals surface area contributed by atoms with Gasteiger partial charge in [0, 0.05) is 54.4 Å². The number of ether oxygens (including phenoxy) is 2. The molecule has 0 bridgehead atoms. The number of amides is 1. The first kappa shape index (κ1) is 26.1. The van der Waals surface area contributed by atoms with Crippen molar-refractivity contribution in [2.24, 2.45) is 0 Å². The standard InChI is InChI=1S/C29H30Cl2N2O3/c1-21-4-3-5-26(16-21)36-20-24-17-22(6-10-28(24)35-2)7-11-29(34)33-14-12-32(13-15-33)19-23-8-9-25(30)18-27(23)31/h3-11,16-18H,12-15,19-20H2,1-2H3/b11-7+. The van der Waals surface area contributed by atoms with Gasteiger partial charge in [0.25, 0.3) is 0 Å². The third kappa shape index (κ3) is 7.03. The Morgan fingerprint density at radius 1 is 0.972 bits per heavy atom. The van der Waals surface area contributed by atoms with E-state index in [0.717, 1.165) is 53.4 Å². The molecule has 1 aliphatic rings. The summed E-state index contributed by atoms with van der Waals surface area (Å²) in [7, 11) is 1.64. The largest absolute Gasteiger partial charge is 0.496 e. The maximum absolute atomic E-state index is 12.8. The molecule has 1 heterocycles. The maximum atomic E-state index is 12.8. The third-order valence-electron chi connectivity index (χ3n) is 6.20. The van der Waals surface area contributed by atoms with Crippen LogP contribution in [0.5, 0.6) is 11.5 Å². The Morgan fingerprint density at radius 3 is 2.50 bits per heavy atom. The van der Waals surface area contributed by atoms with Gasteiger partial charge < -0.3 is 14.4 Å². The highest BCUT2D eigenvalue weighted by molar-refractivity contribution is 6.35. The van der Waals surface area contributed by atoms with Gasteiger partial charge in [-0.15, -0.1) is 0 Å². The van der Waals surface area contributed by atoms with Crippen molar-refractivity contribution in [3.05, 3.63) is 99.0 Å². The molecule has 0 saturated carbocycles. The number of benzene rings is 3. The van der Waals surface area contributed by atoms with Gasteiger partial charge in [-0.05, 0) is 66.1 Å². The molecule has 3 aromatic rings. The molecule has 1 saturated heterocycles. The molecule has 36 heavy (non-hydrogen) atoms. The van der Waals surface area contributed by atoms with Crippen molar-refractivity contribution in [3.63, 3.8) is 0 Å². The fraction of sp³-hybridized carbons (Fsp3) is 0.276. The van der Waals surface area contributed by atoms with E-state index in [2.05, 4.69) is 4.90 Å². The minimum atomic E-state index is 0.00699. The Kier molecular flexibility index (Phi) is 8.92. The predicted molar refractivity (Wildman–Crippen MR) is 146 cm³/mol. The monoisotopic (exact) mass is 524 g/mol. The Labute approximate surface area is 222 Å². The second-order valence-electron chi connectivity index (χ2n) is 8.85. The van der Waals surface area contributed by atoms with Gasteiger partial charge in [0.15, 0.2) is 0 Å². The number of hydrogen-bond acceptors (Lipinski definition) is 4. The highest BCUT2D eigenvalue weighted by atomic mass is 35.5. The molecular weight excluding hydrogens is 495 g/mol. The van der Waals surface area contributed by atoms with Gasteiger partial charge in [-0.1, -0.05) is 47.5 Å². The van der Waals surface area contributed by atoms with E-state index in [4.69, 9.17) is 32.7 Å². The summed E-state index contributed by atoms with van der Waals surface area (Å²) in [5.41, 5.74) is 4.03. The molecule has 7 heteroatoms. The number of hydrogen-bond donors (Lipinski definition) is 0. The Hall–Kier alpha value is -2.99. The van der Waals surface area contributed by atoms with Gasteiger partial charge in [-0.2, -0.15) is 0 Å². The second kappa shape index (κ2) is 12.3. The quantitative estimate of drug-likeness (QED) is 0.326. The van der Waals surface area contributed by atoms with Crippen LogP contribution >= 0.6 is 23.2 Å². The van der Waals surface area contributed by atoms with Crippen LogP contribution in [0.25, 0.3) is 6.08 Å². The van der Waals surface area contributed by atoms with E-state index >= 15 is 0 Å². The van der Waals surface area contributed by atoms with Crippen LogP contribution in [0.2, 0.25) is 10.0 Å². The average Bonchev–Trinajstić information content (AvgIpc) is 2.88. The summed E-state index contributed by atoms with van der Waals surface area (Å²) in [6, 6.07) is 19.3. The lowest BCUT2D eigenvalue weighted by Crippen LogP contribution is -2.47. The van der Waals surface area contributed by atoms with Gasteiger partial charge in [-0.3, -0.25) is 9.69 Å². The minimum Gasteiger partial charge on any atom is -0.496 e. The fourth-order valence-corrected chi connectivity index (χ4v) is 4.64. The Bertz CT molecular complexity index is 1240. The highest BCUT2D eigenvalue weighted by Gasteiger charge is 2.20. The van der Waals surface area contributed by atoms with E-state index in [1.54, 1.807) is 19.3 Å². The molecule has 0 unspecified atom stereocenters. The number of carbonyl (C=O) groups excluding carboxylic acids is 1. The van der Waals surface area contributed by atoms with Crippen LogP contribution < -0.4 is 9.47 Å². The SMILES string of the molecule is COc1ccc(/C=C/C(=O)N2CCN(Cc3ccc(Cl)cc3Cl)CC2)cc1COc1cccc(C)c1. The number of rotatable bonds is 8. The van der Waals surface area contributed by atoms with Crippen molar-refractivity contribution < 1.29 is 14.3 Å². The summed E-state index contributed by atoms with van der Waals surface area (Å²) >= 11 is 12.3. The zero-order chi connectivity index (χ0) is 25.5. The number of nitrogens with zero attached hydrogens (tertiary/aromatic N) is 2. The molecule has 0 aromatic heterocycles. The van der Waals surface area contributed by atoms with E-state index < -0.39 is 0 Å². The lowest BCUT2D eigenvalue weighted by atomic mass is 10.1.